The lowest BCUT2D eigenvalue weighted by atomic mass is 9.77. The molecule has 0 amide bonds. The molecular weight excluding hydrogens is 709 g/mol. The Bertz CT molecular complexity index is 2530. The van der Waals surface area contributed by atoms with Crippen LogP contribution in [0, 0.1) is 27.7 Å². The van der Waals surface area contributed by atoms with E-state index in [2.05, 4.69) is 122 Å². The highest BCUT2D eigenvalue weighted by Crippen LogP contribution is 2.58. The summed E-state index contributed by atoms with van der Waals surface area (Å²) >= 11 is 0. The lowest BCUT2D eigenvalue weighted by molar-refractivity contribution is 0.0224. The van der Waals surface area contributed by atoms with Gasteiger partial charge in [0.25, 0.3) is 0 Å². The zero-order valence-electron chi connectivity index (χ0n) is 32.8. The molecule has 0 radical (unpaired) electrons. The first kappa shape index (κ1) is 35.7. The molecule has 282 valence electrons. The van der Waals surface area contributed by atoms with Crippen LogP contribution in [0.4, 0.5) is 34.1 Å². The van der Waals surface area contributed by atoms with E-state index in [9.17, 15) is 4.79 Å². The lowest BCUT2D eigenvalue weighted by Gasteiger charge is -2.38. The maximum Gasteiger partial charge on any atom is 0.340 e. The molecule has 2 aliphatic heterocycles. The number of hydrogen-bond donors (Lipinski definition) is 0. The third kappa shape index (κ3) is 5.94. The molecule has 2 heterocycles. The molecule has 57 heavy (non-hydrogen) atoms. The molecule has 7 aromatic rings. The molecule has 7 nitrogen and oxygen atoms in total. The molecule has 1 spiro atoms. The summed E-state index contributed by atoms with van der Waals surface area (Å²) in [5.41, 5.74) is 11.9. The minimum atomic E-state index is -1.23. The Morgan fingerprint density at radius 2 is 0.947 bits per heavy atom. The van der Waals surface area contributed by atoms with Crippen molar-refractivity contribution < 1.29 is 23.7 Å². The van der Waals surface area contributed by atoms with Crippen molar-refractivity contribution >= 4 is 40.1 Å². The van der Waals surface area contributed by atoms with Crippen molar-refractivity contribution in [3.63, 3.8) is 0 Å². The topological polar surface area (TPSA) is 60.5 Å². The van der Waals surface area contributed by atoms with Gasteiger partial charge >= 0.3 is 5.97 Å². The van der Waals surface area contributed by atoms with Gasteiger partial charge in [0.1, 0.15) is 23.0 Å². The summed E-state index contributed by atoms with van der Waals surface area (Å²) in [6, 6.07) is 49.0. The van der Waals surface area contributed by atoms with Gasteiger partial charge < -0.3 is 28.7 Å². The van der Waals surface area contributed by atoms with Crippen molar-refractivity contribution in [2.45, 2.75) is 33.3 Å². The smallest absolute Gasteiger partial charge is 0.340 e. The van der Waals surface area contributed by atoms with Gasteiger partial charge in [-0.15, -0.1) is 0 Å². The molecular formula is C50H42N2O5. The number of rotatable bonds is 8. The molecule has 9 rings (SSSR count). The predicted molar refractivity (Wildman–Crippen MR) is 226 cm³/mol. The second-order valence-electron chi connectivity index (χ2n) is 14.7. The number of benzene rings is 7. The van der Waals surface area contributed by atoms with Crippen molar-refractivity contribution in [2.24, 2.45) is 0 Å². The lowest BCUT2D eigenvalue weighted by Crippen LogP contribution is -2.33. The van der Waals surface area contributed by atoms with E-state index >= 15 is 0 Å². The number of carbonyl (C=O) groups is 1. The van der Waals surface area contributed by atoms with Crippen LogP contribution >= 0.6 is 0 Å². The Morgan fingerprint density at radius 1 is 0.491 bits per heavy atom. The van der Waals surface area contributed by atoms with E-state index in [1.807, 2.05) is 60.7 Å². The fourth-order valence-electron chi connectivity index (χ4n) is 8.36. The maximum absolute atomic E-state index is 13.8. The molecule has 0 fully saturated rings. The van der Waals surface area contributed by atoms with Gasteiger partial charge in [-0.05, 0) is 130 Å². The minimum Gasteiger partial charge on any atom is -0.497 e. The predicted octanol–water partition coefficient (Wildman–Crippen LogP) is 12.4. The normalized spacial score (nSPS) is 13.2. The number of esters is 1. The van der Waals surface area contributed by atoms with E-state index < -0.39 is 5.60 Å². The Balaban J connectivity index is 1.25. The first-order valence-electron chi connectivity index (χ1n) is 19.0. The molecule has 0 bridgehead atoms. The molecule has 0 saturated carbocycles. The molecule has 0 unspecified atom stereocenters. The van der Waals surface area contributed by atoms with Crippen molar-refractivity contribution in [2.75, 3.05) is 24.0 Å². The monoisotopic (exact) mass is 750 g/mol. The van der Waals surface area contributed by atoms with E-state index in [-0.39, 0.29) is 5.97 Å². The second kappa shape index (κ2) is 13.9. The average molecular weight is 751 g/mol. The molecule has 7 heteroatoms. The number of nitrogens with zero attached hydrogens (tertiary/aromatic N) is 2. The van der Waals surface area contributed by atoms with Crippen LogP contribution in [0.2, 0.25) is 0 Å². The van der Waals surface area contributed by atoms with E-state index in [4.69, 9.17) is 18.9 Å². The van der Waals surface area contributed by atoms with Crippen molar-refractivity contribution in [3.8, 4) is 23.0 Å². The SMILES string of the molecule is COc1ccc(N(c2ccc3c(c2)Oc2cc(N(c4ccc(OC)cc4)c4ccc(C)cc4C)ccc2C32OC(=O)c3ccccc32)c2ccc(C)cc2C)cc1. The van der Waals surface area contributed by atoms with E-state index in [1.165, 1.54) is 11.1 Å². The number of anilines is 6. The van der Waals surface area contributed by atoms with E-state index in [0.29, 0.717) is 17.1 Å². The van der Waals surface area contributed by atoms with E-state index in [1.54, 1.807) is 14.2 Å². The summed E-state index contributed by atoms with van der Waals surface area (Å²) in [6.07, 6.45) is 0. The fourth-order valence-corrected chi connectivity index (χ4v) is 8.36. The number of ether oxygens (including phenoxy) is 4. The van der Waals surface area contributed by atoms with Crippen LogP contribution in [-0.4, -0.2) is 20.2 Å². The average Bonchev–Trinajstić information content (AvgIpc) is 3.52. The number of aryl methyl sites for hydroxylation is 4. The Labute approximate surface area is 333 Å². The minimum absolute atomic E-state index is 0.372. The van der Waals surface area contributed by atoms with Gasteiger partial charge in [-0.3, -0.25) is 0 Å². The standard InChI is InChI=1S/C50H42N2O5/c1-31-11-25-45(33(3)27-31)51(35-13-19-39(54-5)20-14-35)37-17-23-43-47(29-37)56-48-30-38(18-24-44(48)50(43)42-10-8-7-9-41(42)49(53)57-50)52(36-15-21-40(55-6)22-16-36)46-26-12-32(2)28-34(46)4/h7-30H,1-6H3. The molecule has 0 aliphatic carbocycles. The third-order valence-corrected chi connectivity index (χ3v) is 11.0. The van der Waals surface area contributed by atoms with Gasteiger partial charge in [0.2, 0.25) is 0 Å². The summed E-state index contributed by atoms with van der Waals surface area (Å²) in [5.74, 6) is 2.35. The van der Waals surface area contributed by atoms with Gasteiger partial charge in [-0.2, -0.15) is 0 Å². The first-order valence-corrected chi connectivity index (χ1v) is 19.0. The maximum atomic E-state index is 13.8. The highest BCUT2D eigenvalue weighted by molar-refractivity contribution is 5.97. The zero-order valence-corrected chi connectivity index (χ0v) is 32.8. The highest BCUT2D eigenvalue weighted by atomic mass is 16.6. The van der Waals surface area contributed by atoms with Crippen LogP contribution < -0.4 is 24.0 Å². The highest BCUT2D eigenvalue weighted by Gasteiger charge is 2.53. The Hall–Kier alpha value is -6.99. The van der Waals surface area contributed by atoms with E-state index in [0.717, 1.165) is 73.4 Å². The van der Waals surface area contributed by atoms with Gasteiger partial charge in [-0.25, -0.2) is 4.79 Å². The third-order valence-electron chi connectivity index (χ3n) is 11.0. The molecule has 7 aromatic carbocycles. The fraction of sp³-hybridized carbons (Fsp3) is 0.140. The van der Waals surface area contributed by atoms with Crippen LogP contribution in [-0.2, 0) is 10.3 Å². The van der Waals surface area contributed by atoms with Crippen molar-refractivity contribution in [1.82, 2.24) is 0 Å². The quantitative estimate of drug-likeness (QED) is 0.143. The molecule has 0 N–H and O–H groups in total. The van der Waals surface area contributed by atoms with Crippen molar-refractivity contribution in [1.29, 1.82) is 0 Å². The van der Waals surface area contributed by atoms with Crippen LogP contribution in [0.1, 0.15) is 49.3 Å². The van der Waals surface area contributed by atoms with Crippen LogP contribution in [0.5, 0.6) is 23.0 Å². The number of methoxy groups -OCH3 is 2. The largest absolute Gasteiger partial charge is 0.497 e. The molecule has 0 aromatic heterocycles. The van der Waals surface area contributed by atoms with Gasteiger partial charge in [0, 0.05) is 62.9 Å². The summed E-state index contributed by atoms with van der Waals surface area (Å²) in [7, 11) is 3.34. The summed E-state index contributed by atoms with van der Waals surface area (Å²) < 4.78 is 24.6. The molecule has 0 saturated heterocycles. The summed E-state index contributed by atoms with van der Waals surface area (Å²) in [6.45, 7) is 8.45. The first-order chi connectivity index (χ1) is 27.7. The molecule has 2 aliphatic rings. The van der Waals surface area contributed by atoms with Gasteiger partial charge in [-0.1, -0.05) is 53.6 Å². The van der Waals surface area contributed by atoms with Crippen LogP contribution in [0.3, 0.4) is 0 Å². The number of carbonyl (C=O) groups excluding carboxylic acids is 1. The molecule has 0 atom stereocenters. The van der Waals surface area contributed by atoms with Gasteiger partial charge in [0.15, 0.2) is 5.60 Å². The summed E-state index contributed by atoms with van der Waals surface area (Å²) in [4.78, 5) is 18.2. The zero-order chi connectivity index (χ0) is 39.4. The Morgan fingerprint density at radius 3 is 1.40 bits per heavy atom. The summed E-state index contributed by atoms with van der Waals surface area (Å²) in [5, 5.41) is 0. The van der Waals surface area contributed by atoms with Gasteiger partial charge in [0.05, 0.1) is 19.8 Å². The van der Waals surface area contributed by atoms with Crippen molar-refractivity contribution in [3.05, 3.63) is 190 Å². The Kier molecular flexibility index (Phi) is 8.73. The number of hydrogen-bond acceptors (Lipinski definition) is 7. The van der Waals surface area contributed by atoms with Crippen LogP contribution in [0.25, 0.3) is 0 Å². The second-order valence-corrected chi connectivity index (χ2v) is 14.7. The van der Waals surface area contributed by atoms with Crippen LogP contribution in [0.15, 0.2) is 146 Å². The number of fused-ring (bicyclic) bond motifs is 6.